The van der Waals surface area contributed by atoms with Crippen molar-refractivity contribution in [1.82, 2.24) is 19.1 Å². The highest BCUT2D eigenvalue weighted by molar-refractivity contribution is 7.99. The number of anilines is 1. The minimum absolute atomic E-state index is 0.0413. The number of carbonyl (C=O) groups is 1. The molecule has 0 bridgehead atoms. The zero-order chi connectivity index (χ0) is 23.3. The summed E-state index contributed by atoms with van der Waals surface area (Å²) < 4.78 is 33.0. The second kappa shape index (κ2) is 10.3. The van der Waals surface area contributed by atoms with Crippen molar-refractivity contribution in [3.63, 3.8) is 0 Å². The number of hydrogen-bond acceptors (Lipinski definition) is 7. The van der Waals surface area contributed by atoms with Crippen LogP contribution in [0.3, 0.4) is 0 Å². The summed E-state index contributed by atoms with van der Waals surface area (Å²) >= 11 is 7.50. The van der Waals surface area contributed by atoms with Crippen LogP contribution in [-0.4, -0.2) is 53.2 Å². The van der Waals surface area contributed by atoms with E-state index in [1.54, 1.807) is 24.5 Å². The minimum atomic E-state index is -3.65. The van der Waals surface area contributed by atoms with Gasteiger partial charge in [0.05, 0.1) is 21.9 Å². The molecule has 9 nitrogen and oxygen atoms in total. The molecule has 0 unspecified atom stereocenters. The molecule has 0 saturated carbocycles. The molecule has 0 aliphatic rings. The van der Waals surface area contributed by atoms with Crippen LogP contribution < -0.4 is 5.32 Å². The average Bonchev–Trinajstić information content (AvgIpc) is 3.40. The molecule has 0 aliphatic heterocycles. The van der Waals surface area contributed by atoms with Gasteiger partial charge in [0, 0.05) is 32.8 Å². The van der Waals surface area contributed by atoms with Crippen LogP contribution in [0.1, 0.15) is 6.42 Å². The van der Waals surface area contributed by atoms with Crippen molar-refractivity contribution >= 4 is 45.0 Å². The molecule has 1 aromatic carbocycles. The summed E-state index contributed by atoms with van der Waals surface area (Å²) in [6, 6.07) is 7.74. The number of benzene rings is 1. The Hall–Kier alpha value is -2.60. The molecule has 2 heterocycles. The van der Waals surface area contributed by atoms with Crippen molar-refractivity contribution in [3.8, 4) is 11.6 Å². The van der Waals surface area contributed by atoms with Gasteiger partial charge in [0.25, 0.3) is 0 Å². The van der Waals surface area contributed by atoms with E-state index in [-0.39, 0.29) is 27.9 Å². The Morgan fingerprint density at radius 1 is 1.34 bits per heavy atom. The van der Waals surface area contributed by atoms with Gasteiger partial charge in [-0.3, -0.25) is 9.36 Å². The van der Waals surface area contributed by atoms with E-state index in [2.05, 4.69) is 22.1 Å². The number of carbonyl (C=O) groups excluding carboxylic acids is 1. The van der Waals surface area contributed by atoms with Crippen molar-refractivity contribution in [2.75, 3.05) is 25.2 Å². The minimum Gasteiger partial charge on any atom is -0.461 e. The number of sulfonamides is 1. The third-order valence-electron chi connectivity index (χ3n) is 4.32. The quantitative estimate of drug-likeness (QED) is 0.337. The van der Waals surface area contributed by atoms with Gasteiger partial charge < -0.3 is 9.73 Å². The summed E-state index contributed by atoms with van der Waals surface area (Å²) in [6.07, 6.45) is 3.44. The second-order valence-electron chi connectivity index (χ2n) is 6.76. The summed E-state index contributed by atoms with van der Waals surface area (Å²) in [5.74, 6) is 1.28. The molecule has 3 aromatic rings. The smallest absolute Gasteiger partial charge is 0.242 e. The summed E-state index contributed by atoms with van der Waals surface area (Å²) in [5, 5.41) is 11.9. The van der Waals surface area contributed by atoms with Gasteiger partial charge >= 0.3 is 0 Å². The van der Waals surface area contributed by atoms with E-state index in [0.29, 0.717) is 29.0 Å². The first kappa shape index (κ1) is 24.1. The molecule has 32 heavy (non-hydrogen) atoms. The van der Waals surface area contributed by atoms with Gasteiger partial charge in [0.1, 0.15) is 0 Å². The zero-order valence-electron chi connectivity index (χ0n) is 17.5. The number of amides is 1. The molecule has 2 aromatic heterocycles. The molecule has 0 radical (unpaired) electrons. The topological polar surface area (TPSA) is 110 Å². The predicted molar refractivity (Wildman–Crippen MR) is 124 cm³/mol. The maximum atomic E-state index is 12.4. The number of allylic oxidation sites excluding steroid dienone is 1. The highest BCUT2D eigenvalue weighted by atomic mass is 35.5. The van der Waals surface area contributed by atoms with Crippen LogP contribution in [-0.2, 0) is 21.4 Å². The number of furan rings is 1. The molecule has 0 saturated heterocycles. The van der Waals surface area contributed by atoms with Gasteiger partial charge in [-0.05, 0) is 30.3 Å². The van der Waals surface area contributed by atoms with Crippen molar-refractivity contribution in [1.29, 1.82) is 0 Å². The third kappa shape index (κ3) is 5.41. The third-order valence-corrected chi connectivity index (χ3v) is 7.43. The molecule has 12 heteroatoms. The van der Waals surface area contributed by atoms with Crippen LogP contribution in [0.5, 0.6) is 0 Å². The van der Waals surface area contributed by atoms with Gasteiger partial charge in [-0.2, -0.15) is 0 Å². The fourth-order valence-corrected chi connectivity index (χ4v) is 4.68. The van der Waals surface area contributed by atoms with Crippen LogP contribution in [0, 0.1) is 0 Å². The maximum Gasteiger partial charge on any atom is 0.242 e. The molecule has 3 rings (SSSR count). The predicted octanol–water partition coefficient (Wildman–Crippen LogP) is 3.75. The molecule has 0 atom stereocenters. The lowest BCUT2D eigenvalue weighted by molar-refractivity contribution is -0.115. The Morgan fingerprint density at radius 2 is 2.12 bits per heavy atom. The van der Waals surface area contributed by atoms with Gasteiger partial charge in [0.15, 0.2) is 10.9 Å². The highest BCUT2D eigenvalue weighted by Gasteiger charge is 2.20. The van der Waals surface area contributed by atoms with Gasteiger partial charge in [0.2, 0.25) is 21.8 Å². The van der Waals surface area contributed by atoms with Crippen molar-refractivity contribution < 1.29 is 17.6 Å². The fraction of sp³-hybridized carbons (Fsp3) is 0.250. The number of nitrogens with zero attached hydrogens (tertiary/aromatic N) is 4. The normalized spacial score (nSPS) is 11.6. The summed E-state index contributed by atoms with van der Waals surface area (Å²) in [4.78, 5) is 12.5. The lowest BCUT2D eigenvalue weighted by atomic mass is 10.3. The Labute approximate surface area is 195 Å². The lowest BCUT2D eigenvalue weighted by Gasteiger charge is -2.13. The monoisotopic (exact) mass is 495 g/mol. The highest BCUT2D eigenvalue weighted by Crippen LogP contribution is 2.28. The van der Waals surface area contributed by atoms with Crippen molar-refractivity contribution in [3.05, 3.63) is 54.3 Å². The molecule has 1 amide bonds. The Balaban J connectivity index is 1.65. The lowest BCUT2D eigenvalue weighted by Crippen LogP contribution is -2.22. The van der Waals surface area contributed by atoms with Crippen molar-refractivity contribution in [2.24, 2.45) is 0 Å². The van der Waals surface area contributed by atoms with E-state index in [1.165, 1.54) is 44.1 Å². The van der Waals surface area contributed by atoms with E-state index >= 15 is 0 Å². The van der Waals surface area contributed by atoms with Crippen LogP contribution >= 0.6 is 23.4 Å². The van der Waals surface area contributed by atoms with Crippen LogP contribution in [0.2, 0.25) is 5.02 Å². The van der Waals surface area contributed by atoms with Crippen molar-refractivity contribution in [2.45, 2.75) is 23.0 Å². The molecule has 0 aliphatic carbocycles. The maximum absolute atomic E-state index is 12.4. The number of thioether (sulfide) groups is 1. The standard InChI is InChI=1S/C20H22ClN5O4S2/c1-4-10-26-19(17-6-5-11-30-17)23-24-20(26)31-12-9-18(27)22-16-13-14(7-8-15(16)21)32(28,29)25(2)3/h4-8,11,13H,1,9-10,12H2,2-3H3,(H,22,27). The largest absolute Gasteiger partial charge is 0.461 e. The Kier molecular flexibility index (Phi) is 7.77. The first-order valence-electron chi connectivity index (χ1n) is 9.46. The Bertz CT molecular complexity index is 1210. The van der Waals surface area contributed by atoms with E-state index in [9.17, 15) is 13.2 Å². The van der Waals surface area contributed by atoms with E-state index in [0.717, 1.165) is 4.31 Å². The zero-order valence-corrected chi connectivity index (χ0v) is 19.9. The molecular formula is C20H22ClN5O4S2. The van der Waals surface area contributed by atoms with E-state index in [1.807, 2.05) is 4.57 Å². The van der Waals surface area contributed by atoms with Gasteiger partial charge in [-0.25, -0.2) is 12.7 Å². The molecule has 170 valence electrons. The van der Waals surface area contributed by atoms with E-state index < -0.39 is 10.0 Å². The number of halogens is 1. The molecule has 0 spiro atoms. The van der Waals surface area contributed by atoms with E-state index in [4.69, 9.17) is 16.0 Å². The Morgan fingerprint density at radius 3 is 2.78 bits per heavy atom. The first-order chi connectivity index (χ1) is 15.2. The number of rotatable bonds is 10. The van der Waals surface area contributed by atoms with Gasteiger partial charge in [-0.1, -0.05) is 29.4 Å². The average molecular weight is 496 g/mol. The second-order valence-corrected chi connectivity index (χ2v) is 10.4. The fourth-order valence-electron chi connectivity index (χ4n) is 2.70. The molecule has 0 fully saturated rings. The summed E-state index contributed by atoms with van der Waals surface area (Å²) in [5.41, 5.74) is 0.236. The van der Waals surface area contributed by atoms with Crippen LogP contribution in [0.4, 0.5) is 5.69 Å². The van der Waals surface area contributed by atoms with Crippen LogP contribution in [0.15, 0.2) is 63.7 Å². The summed E-state index contributed by atoms with van der Waals surface area (Å²) in [7, 11) is -0.781. The molecular weight excluding hydrogens is 474 g/mol. The number of aromatic nitrogens is 3. The number of nitrogens with one attached hydrogen (secondary N) is 1. The summed E-state index contributed by atoms with van der Waals surface area (Å²) in [6.45, 7) is 4.25. The SMILES string of the molecule is C=CCn1c(SCCC(=O)Nc2cc(S(=O)(=O)N(C)C)ccc2Cl)nnc1-c1ccco1. The molecule has 1 N–H and O–H groups in total. The van der Waals surface area contributed by atoms with Gasteiger partial charge in [-0.15, -0.1) is 16.8 Å². The first-order valence-corrected chi connectivity index (χ1v) is 12.3. The number of hydrogen-bond donors (Lipinski definition) is 1. The van der Waals surface area contributed by atoms with Crippen LogP contribution in [0.25, 0.3) is 11.6 Å².